The fraction of sp³-hybridized carbons (Fsp3) is 0.500. The second-order valence-electron chi connectivity index (χ2n) is 3.50. The summed E-state index contributed by atoms with van der Waals surface area (Å²) in [4.78, 5) is 11.1. The highest BCUT2D eigenvalue weighted by molar-refractivity contribution is 7.08. The van der Waals surface area contributed by atoms with E-state index in [-0.39, 0.29) is 12.6 Å². The largest absolute Gasteiger partial charge is 0.384 e. The first kappa shape index (κ1) is 12.0. The Bertz CT molecular complexity index is 309. The van der Waals surface area contributed by atoms with Gasteiger partial charge in [-0.25, -0.2) is 4.79 Å². The molecule has 0 aliphatic carbocycles. The van der Waals surface area contributed by atoms with E-state index in [4.69, 9.17) is 0 Å². The molecule has 2 amide bonds. The topological polar surface area (TPSA) is 61.4 Å². The zero-order valence-corrected chi connectivity index (χ0v) is 9.73. The van der Waals surface area contributed by atoms with Gasteiger partial charge in [0, 0.05) is 6.54 Å². The lowest BCUT2D eigenvalue weighted by molar-refractivity contribution is 0.0598. The van der Waals surface area contributed by atoms with Gasteiger partial charge in [-0.3, -0.25) is 0 Å². The van der Waals surface area contributed by atoms with Crippen molar-refractivity contribution in [2.75, 3.05) is 13.1 Å². The molecule has 15 heavy (non-hydrogen) atoms. The molecule has 1 atom stereocenters. The predicted molar refractivity (Wildman–Crippen MR) is 61.0 cm³/mol. The third-order valence-corrected chi connectivity index (χ3v) is 2.76. The predicted octanol–water partition coefficient (Wildman–Crippen LogP) is 1.27. The number of aliphatic hydroxyl groups is 1. The summed E-state index contributed by atoms with van der Waals surface area (Å²) in [6.45, 7) is 4.31. The third-order valence-electron chi connectivity index (χ3n) is 2.07. The van der Waals surface area contributed by atoms with E-state index in [2.05, 4.69) is 10.6 Å². The van der Waals surface area contributed by atoms with Gasteiger partial charge < -0.3 is 15.7 Å². The summed E-state index contributed by atoms with van der Waals surface area (Å²) in [5, 5.41) is 19.1. The van der Waals surface area contributed by atoms with E-state index in [1.54, 1.807) is 6.92 Å². The minimum atomic E-state index is -1.01. The molecule has 84 valence electrons. The Kier molecular flexibility index (Phi) is 4.11. The Morgan fingerprint density at radius 1 is 1.60 bits per heavy atom. The van der Waals surface area contributed by atoms with Gasteiger partial charge in [0.25, 0.3) is 0 Å². The SMILES string of the molecule is CCNC(=O)NCC(C)(O)c1ccsc1. The molecule has 1 aromatic heterocycles. The number of carbonyl (C=O) groups excluding carboxylic acids is 1. The summed E-state index contributed by atoms with van der Waals surface area (Å²) in [6.07, 6.45) is 0. The zero-order chi connectivity index (χ0) is 11.3. The molecular weight excluding hydrogens is 212 g/mol. The third kappa shape index (κ3) is 3.53. The van der Waals surface area contributed by atoms with E-state index in [1.807, 2.05) is 23.8 Å². The van der Waals surface area contributed by atoms with Crippen LogP contribution in [0.4, 0.5) is 4.79 Å². The first-order valence-corrected chi connectivity index (χ1v) is 5.77. The van der Waals surface area contributed by atoms with E-state index >= 15 is 0 Å². The normalized spacial score (nSPS) is 14.3. The van der Waals surface area contributed by atoms with Crippen LogP contribution in [0.5, 0.6) is 0 Å². The Labute approximate surface area is 93.3 Å². The molecule has 0 aromatic carbocycles. The van der Waals surface area contributed by atoms with Crippen LogP contribution in [0.2, 0.25) is 0 Å². The number of thiophene rings is 1. The number of rotatable bonds is 4. The minimum Gasteiger partial charge on any atom is -0.384 e. The van der Waals surface area contributed by atoms with Crippen LogP contribution in [0, 0.1) is 0 Å². The van der Waals surface area contributed by atoms with Crippen LogP contribution in [0.15, 0.2) is 16.8 Å². The fourth-order valence-electron chi connectivity index (χ4n) is 1.15. The molecule has 4 nitrogen and oxygen atoms in total. The van der Waals surface area contributed by atoms with Gasteiger partial charge in [-0.2, -0.15) is 11.3 Å². The molecule has 0 saturated carbocycles. The van der Waals surface area contributed by atoms with Crippen molar-refractivity contribution < 1.29 is 9.90 Å². The maximum absolute atomic E-state index is 11.1. The quantitative estimate of drug-likeness (QED) is 0.727. The minimum absolute atomic E-state index is 0.204. The van der Waals surface area contributed by atoms with E-state index in [0.29, 0.717) is 6.54 Å². The van der Waals surface area contributed by atoms with Crippen LogP contribution in [-0.2, 0) is 5.60 Å². The van der Waals surface area contributed by atoms with E-state index in [9.17, 15) is 9.90 Å². The molecule has 0 radical (unpaired) electrons. The lowest BCUT2D eigenvalue weighted by Gasteiger charge is -2.22. The fourth-order valence-corrected chi connectivity index (χ4v) is 1.93. The Balaban J connectivity index is 2.47. The summed E-state index contributed by atoms with van der Waals surface area (Å²) < 4.78 is 0. The number of urea groups is 1. The average Bonchev–Trinajstić information content (AvgIpc) is 2.69. The summed E-state index contributed by atoms with van der Waals surface area (Å²) >= 11 is 1.52. The number of hydrogen-bond donors (Lipinski definition) is 3. The van der Waals surface area contributed by atoms with E-state index in [1.165, 1.54) is 11.3 Å². The van der Waals surface area contributed by atoms with Crippen LogP contribution in [0.1, 0.15) is 19.4 Å². The molecule has 1 rings (SSSR count). The monoisotopic (exact) mass is 228 g/mol. The molecule has 5 heteroatoms. The van der Waals surface area contributed by atoms with Crippen molar-refractivity contribution in [3.05, 3.63) is 22.4 Å². The van der Waals surface area contributed by atoms with Gasteiger partial charge in [-0.05, 0) is 36.2 Å². The molecule has 0 bridgehead atoms. The second kappa shape index (κ2) is 5.14. The van der Waals surface area contributed by atoms with Gasteiger partial charge in [-0.1, -0.05) is 0 Å². The van der Waals surface area contributed by atoms with Crippen molar-refractivity contribution in [2.24, 2.45) is 0 Å². The van der Waals surface area contributed by atoms with Gasteiger partial charge in [0.15, 0.2) is 0 Å². The number of hydrogen-bond acceptors (Lipinski definition) is 3. The molecule has 1 unspecified atom stereocenters. The molecule has 0 fully saturated rings. The molecular formula is C10H16N2O2S. The van der Waals surface area contributed by atoms with Crippen molar-refractivity contribution in [1.29, 1.82) is 0 Å². The van der Waals surface area contributed by atoms with Crippen molar-refractivity contribution in [1.82, 2.24) is 10.6 Å². The van der Waals surface area contributed by atoms with Crippen LogP contribution >= 0.6 is 11.3 Å². The van der Waals surface area contributed by atoms with Crippen molar-refractivity contribution in [3.8, 4) is 0 Å². The molecule has 1 heterocycles. The summed E-state index contributed by atoms with van der Waals surface area (Å²) in [6, 6.07) is 1.59. The molecule has 0 aliphatic rings. The lowest BCUT2D eigenvalue weighted by Crippen LogP contribution is -2.43. The van der Waals surface area contributed by atoms with Crippen LogP contribution in [0.3, 0.4) is 0 Å². The maximum Gasteiger partial charge on any atom is 0.314 e. The smallest absolute Gasteiger partial charge is 0.314 e. The van der Waals surface area contributed by atoms with Crippen molar-refractivity contribution >= 4 is 17.4 Å². The highest BCUT2D eigenvalue weighted by Crippen LogP contribution is 2.21. The average molecular weight is 228 g/mol. The number of nitrogens with one attached hydrogen (secondary N) is 2. The van der Waals surface area contributed by atoms with Crippen molar-refractivity contribution in [2.45, 2.75) is 19.4 Å². The van der Waals surface area contributed by atoms with Gasteiger partial charge >= 0.3 is 6.03 Å². The van der Waals surface area contributed by atoms with Crippen LogP contribution in [-0.4, -0.2) is 24.2 Å². The number of carbonyl (C=O) groups is 1. The Hall–Kier alpha value is -1.07. The van der Waals surface area contributed by atoms with Crippen LogP contribution in [0.25, 0.3) is 0 Å². The highest BCUT2D eigenvalue weighted by Gasteiger charge is 2.23. The molecule has 3 N–H and O–H groups in total. The summed E-state index contributed by atoms with van der Waals surface area (Å²) in [5.74, 6) is 0. The summed E-state index contributed by atoms with van der Waals surface area (Å²) in [5.41, 5.74) is -0.185. The second-order valence-corrected chi connectivity index (χ2v) is 4.28. The molecule has 0 aliphatic heterocycles. The Morgan fingerprint density at radius 2 is 2.33 bits per heavy atom. The first-order valence-electron chi connectivity index (χ1n) is 4.83. The highest BCUT2D eigenvalue weighted by atomic mass is 32.1. The van der Waals surface area contributed by atoms with Crippen molar-refractivity contribution in [3.63, 3.8) is 0 Å². The molecule has 1 aromatic rings. The van der Waals surface area contributed by atoms with Gasteiger partial charge in [0.1, 0.15) is 5.60 Å². The van der Waals surface area contributed by atoms with Crippen LogP contribution < -0.4 is 10.6 Å². The zero-order valence-electron chi connectivity index (χ0n) is 8.91. The first-order chi connectivity index (χ1) is 7.06. The van der Waals surface area contributed by atoms with E-state index < -0.39 is 5.60 Å². The molecule has 0 saturated heterocycles. The molecule has 0 spiro atoms. The van der Waals surface area contributed by atoms with Gasteiger partial charge in [-0.15, -0.1) is 0 Å². The summed E-state index contributed by atoms with van der Waals surface area (Å²) in [7, 11) is 0. The standard InChI is InChI=1S/C10H16N2O2S/c1-3-11-9(13)12-7-10(2,14)8-4-5-15-6-8/h4-6,14H,3,7H2,1-2H3,(H2,11,12,13). The van der Waals surface area contributed by atoms with E-state index in [0.717, 1.165) is 5.56 Å². The number of amides is 2. The lowest BCUT2D eigenvalue weighted by atomic mass is 9.99. The van der Waals surface area contributed by atoms with Gasteiger partial charge in [0.2, 0.25) is 0 Å². The Morgan fingerprint density at radius 3 is 2.87 bits per heavy atom. The maximum atomic E-state index is 11.1. The van der Waals surface area contributed by atoms with Gasteiger partial charge in [0.05, 0.1) is 6.54 Å².